The lowest BCUT2D eigenvalue weighted by atomic mass is 10.1. The Hall–Kier alpha value is -1.88. The van der Waals surface area contributed by atoms with Crippen molar-refractivity contribution in [2.24, 2.45) is 0 Å². The van der Waals surface area contributed by atoms with Crippen LogP contribution in [0.1, 0.15) is 53.3 Å². The van der Waals surface area contributed by atoms with Gasteiger partial charge in [-0.05, 0) is 30.7 Å². The molecule has 1 rings (SSSR count). The lowest BCUT2D eigenvalue weighted by molar-refractivity contribution is 0.0496. The highest BCUT2D eigenvalue weighted by atomic mass is 16.5. The van der Waals surface area contributed by atoms with Crippen LogP contribution in [-0.4, -0.2) is 23.7 Å². The molecule has 0 atom stereocenters. The van der Waals surface area contributed by atoms with Gasteiger partial charge in [0, 0.05) is 0 Å². The molecule has 5 heteroatoms. The van der Waals surface area contributed by atoms with Crippen LogP contribution >= 0.6 is 0 Å². The minimum atomic E-state index is -1.01. The van der Waals surface area contributed by atoms with Crippen molar-refractivity contribution in [3.63, 3.8) is 0 Å². The first-order valence-corrected chi connectivity index (χ1v) is 6.15. The van der Waals surface area contributed by atoms with Gasteiger partial charge in [0.05, 0.1) is 17.7 Å². The highest BCUT2D eigenvalue weighted by molar-refractivity contribution is 5.92. The molecular formula is C14H21NO4. The van der Waals surface area contributed by atoms with E-state index >= 15 is 0 Å². The molecule has 0 heterocycles. The number of carbonyl (C=O) groups excluding carboxylic acids is 1. The van der Waals surface area contributed by atoms with E-state index in [4.69, 9.17) is 9.84 Å². The average molecular weight is 267 g/mol. The van der Waals surface area contributed by atoms with Gasteiger partial charge >= 0.3 is 11.9 Å². The van der Waals surface area contributed by atoms with Gasteiger partial charge in [0.15, 0.2) is 0 Å². The largest absolute Gasteiger partial charge is 0.478 e. The summed E-state index contributed by atoms with van der Waals surface area (Å²) in [5.74, 6) is -1.40. The summed E-state index contributed by atoms with van der Waals surface area (Å²) >= 11 is 0. The van der Waals surface area contributed by atoms with E-state index in [0.29, 0.717) is 12.2 Å². The Bertz CT molecular complexity index is 400. The molecule has 0 bridgehead atoms. The van der Waals surface area contributed by atoms with Crippen LogP contribution in [0.5, 0.6) is 0 Å². The highest BCUT2D eigenvalue weighted by Gasteiger charge is 2.08. The number of unbranched alkanes of at least 4 members (excludes halogenated alkanes) is 3. The van der Waals surface area contributed by atoms with Gasteiger partial charge in [0.2, 0.25) is 0 Å². The molecule has 0 amide bonds. The summed E-state index contributed by atoms with van der Waals surface area (Å²) in [4.78, 5) is 22.2. The summed E-state index contributed by atoms with van der Waals surface area (Å²) < 4.78 is 5.09. The van der Waals surface area contributed by atoms with Gasteiger partial charge in [-0.2, -0.15) is 0 Å². The smallest absolute Gasteiger partial charge is 0.338 e. The molecule has 0 unspecified atom stereocenters. The molecule has 0 radical (unpaired) electrons. The normalized spacial score (nSPS) is 9.53. The van der Waals surface area contributed by atoms with E-state index in [2.05, 4.69) is 6.92 Å². The third-order valence-electron chi connectivity index (χ3n) is 2.60. The Kier molecular flexibility index (Phi) is 8.20. The Balaban J connectivity index is 0.00000324. The fourth-order valence-electron chi connectivity index (χ4n) is 1.53. The predicted molar refractivity (Wildman–Crippen MR) is 72.8 cm³/mol. The molecule has 0 fully saturated rings. The second kappa shape index (κ2) is 9.10. The minimum Gasteiger partial charge on any atom is -0.478 e. The number of aromatic carboxylic acids is 1. The minimum absolute atomic E-state index is 0. The summed E-state index contributed by atoms with van der Waals surface area (Å²) in [6.07, 6.45) is 4.21. The van der Waals surface area contributed by atoms with Crippen LogP contribution in [0.15, 0.2) is 24.3 Å². The van der Waals surface area contributed by atoms with Crippen molar-refractivity contribution in [1.82, 2.24) is 6.15 Å². The molecule has 0 aliphatic carbocycles. The summed E-state index contributed by atoms with van der Waals surface area (Å²) in [5.41, 5.74) is 0.546. The van der Waals surface area contributed by atoms with Crippen LogP contribution in [0.2, 0.25) is 0 Å². The topological polar surface area (TPSA) is 98.6 Å². The van der Waals surface area contributed by atoms with E-state index < -0.39 is 11.9 Å². The van der Waals surface area contributed by atoms with E-state index in [1.807, 2.05) is 0 Å². The predicted octanol–water partition coefficient (Wildman–Crippen LogP) is 3.28. The summed E-state index contributed by atoms with van der Waals surface area (Å²) in [6.45, 7) is 2.54. The first-order valence-electron chi connectivity index (χ1n) is 6.15. The van der Waals surface area contributed by atoms with Crippen molar-refractivity contribution in [1.29, 1.82) is 0 Å². The highest BCUT2D eigenvalue weighted by Crippen LogP contribution is 2.07. The molecule has 106 valence electrons. The quantitative estimate of drug-likeness (QED) is 0.583. The number of esters is 1. The van der Waals surface area contributed by atoms with Crippen molar-refractivity contribution >= 4 is 11.9 Å². The molecule has 0 aromatic heterocycles. The Morgan fingerprint density at radius 1 is 1.05 bits per heavy atom. The van der Waals surface area contributed by atoms with Crippen molar-refractivity contribution in [2.45, 2.75) is 32.6 Å². The molecule has 1 aromatic rings. The fraction of sp³-hybridized carbons (Fsp3) is 0.429. The Morgan fingerprint density at radius 3 is 2.16 bits per heavy atom. The van der Waals surface area contributed by atoms with Crippen molar-refractivity contribution in [2.75, 3.05) is 6.61 Å². The zero-order chi connectivity index (χ0) is 13.4. The van der Waals surface area contributed by atoms with Gasteiger partial charge in [-0.3, -0.25) is 0 Å². The summed E-state index contributed by atoms with van der Waals surface area (Å²) in [5, 5.41) is 8.72. The fourth-order valence-corrected chi connectivity index (χ4v) is 1.53. The van der Waals surface area contributed by atoms with Gasteiger partial charge < -0.3 is 16.0 Å². The zero-order valence-electron chi connectivity index (χ0n) is 11.2. The number of ether oxygens (including phenoxy) is 1. The molecule has 0 aliphatic rings. The SMILES string of the molecule is CCCCCCOC(=O)c1ccc(C(=O)O)cc1.N. The third kappa shape index (κ3) is 6.01. The van der Waals surface area contributed by atoms with E-state index in [1.54, 1.807) is 0 Å². The van der Waals surface area contributed by atoms with Crippen molar-refractivity contribution < 1.29 is 19.4 Å². The number of benzene rings is 1. The van der Waals surface area contributed by atoms with Crippen LogP contribution in [0, 0.1) is 0 Å². The molecule has 0 saturated carbocycles. The van der Waals surface area contributed by atoms with Gasteiger partial charge in [0.1, 0.15) is 0 Å². The number of hydrogen-bond donors (Lipinski definition) is 2. The number of rotatable bonds is 7. The van der Waals surface area contributed by atoms with Crippen molar-refractivity contribution in [3.8, 4) is 0 Å². The van der Waals surface area contributed by atoms with Crippen LogP contribution in [0.3, 0.4) is 0 Å². The molecular weight excluding hydrogens is 246 g/mol. The molecule has 0 spiro atoms. The maximum absolute atomic E-state index is 11.6. The lowest BCUT2D eigenvalue weighted by Gasteiger charge is -2.04. The van der Waals surface area contributed by atoms with E-state index in [1.165, 1.54) is 24.3 Å². The maximum Gasteiger partial charge on any atom is 0.338 e. The lowest BCUT2D eigenvalue weighted by Crippen LogP contribution is -2.07. The second-order valence-corrected chi connectivity index (χ2v) is 4.08. The van der Waals surface area contributed by atoms with Crippen LogP contribution in [0.25, 0.3) is 0 Å². The van der Waals surface area contributed by atoms with Crippen LogP contribution in [0.4, 0.5) is 0 Å². The number of carbonyl (C=O) groups is 2. The van der Waals surface area contributed by atoms with Crippen LogP contribution < -0.4 is 6.15 Å². The number of hydrogen-bond acceptors (Lipinski definition) is 4. The van der Waals surface area contributed by atoms with Gasteiger partial charge in [-0.1, -0.05) is 26.2 Å². The molecule has 5 nitrogen and oxygen atoms in total. The third-order valence-corrected chi connectivity index (χ3v) is 2.60. The van der Waals surface area contributed by atoms with Gasteiger partial charge in [-0.15, -0.1) is 0 Å². The summed E-state index contributed by atoms with van der Waals surface area (Å²) in [6, 6.07) is 5.74. The molecule has 0 saturated heterocycles. The first-order chi connectivity index (χ1) is 8.65. The van der Waals surface area contributed by atoms with Crippen LogP contribution in [-0.2, 0) is 4.74 Å². The molecule has 1 aromatic carbocycles. The standard InChI is InChI=1S/C14H18O4.H3N/c1-2-3-4-5-10-18-14(17)12-8-6-11(7-9-12)13(15)16;/h6-9H,2-5,10H2,1H3,(H,15,16);1H3. The van der Waals surface area contributed by atoms with Gasteiger partial charge in [0.25, 0.3) is 0 Å². The van der Waals surface area contributed by atoms with E-state index in [-0.39, 0.29) is 11.7 Å². The zero-order valence-corrected chi connectivity index (χ0v) is 11.2. The molecule has 0 aliphatic heterocycles. The first kappa shape index (κ1) is 17.1. The van der Waals surface area contributed by atoms with Crippen molar-refractivity contribution in [3.05, 3.63) is 35.4 Å². The Morgan fingerprint density at radius 2 is 1.63 bits per heavy atom. The molecule has 4 N–H and O–H groups in total. The summed E-state index contributed by atoms with van der Waals surface area (Å²) in [7, 11) is 0. The number of carboxylic acid groups (broad SMARTS) is 1. The van der Waals surface area contributed by atoms with E-state index in [9.17, 15) is 9.59 Å². The molecule has 19 heavy (non-hydrogen) atoms. The Labute approximate surface area is 113 Å². The number of carboxylic acids is 1. The second-order valence-electron chi connectivity index (χ2n) is 4.08. The van der Waals surface area contributed by atoms with E-state index in [0.717, 1.165) is 25.7 Å². The van der Waals surface area contributed by atoms with Gasteiger partial charge in [-0.25, -0.2) is 9.59 Å². The monoisotopic (exact) mass is 267 g/mol. The maximum atomic E-state index is 11.6. The average Bonchev–Trinajstić information content (AvgIpc) is 2.38.